The van der Waals surface area contributed by atoms with Crippen LogP contribution in [0.2, 0.25) is 0 Å². The normalized spacial score (nSPS) is 29.7. The second-order valence-electron chi connectivity index (χ2n) is 7.04. The molecule has 5 atom stereocenters. The third kappa shape index (κ3) is 4.27. The zero-order valence-corrected chi connectivity index (χ0v) is 18.3. The summed E-state index contributed by atoms with van der Waals surface area (Å²) in [5, 5.41) is 0. The van der Waals surface area contributed by atoms with Gasteiger partial charge in [-0.25, -0.2) is 13.1 Å². The number of hydrogen-bond donors (Lipinski definition) is 1. The van der Waals surface area contributed by atoms with E-state index in [0.717, 1.165) is 11.1 Å². The lowest BCUT2D eigenvalue weighted by atomic mass is 10.0. The van der Waals surface area contributed by atoms with Gasteiger partial charge in [0.15, 0.2) is 6.29 Å². The van der Waals surface area contributed by atoms with E-state index in [1.807, 2.05) is 37.3 Å². The van der Waals surface area contributed by atoms with E-state index in [9.17, 15) is 8.42 Å². The molecule has 2 heterocycles. The summed E-state index contributed by atoms with van der Waals surface area (Å²) in [5.41, 5.74) is 2.01. The molecule has 1 N–H and O–H groups in total. The van der Waals surface area contributed by atoms with Crippen LogP contribution in [0.25, 0.3) is 0 Å². The maximum Gasteiger partial charge on any atom is 0.240 e. The molecule has 4 rings (SSSR count). The van der Waals surface area contributed by atoms with Gasteiger partial charge in [0.05, 0.1) is 34.2 Å². The number of alkyl halides is 1. The molecule has 0 aliphatic carbocycles. The molecule has 2 bridgehead atoms. The Labute approximate surface area is 178 Å². The molecule has 0 unspecified atom stereocenters. The molecule has 0 amide bonds. The second kappa shape index (κ2) is 8.37. The van der Waals surface area contributed by atoms with E-state index in [-0.39, 0.29) is 14.9 Å². The van der Waals surface area contributed by atoms with Gasteiger partial charge < -0.3 is 14.2 Å². The fourth-order valence-electron chi connectivity index (χ4n) is 3.41. The monoisotopic (exact) mass is 515 g/mol. The Balaban J connectivity index is 1.55. The number of aryl methyl sites for hydroxylation is 1. The lowest BCUT2D eigenvalue weighted by molar-refractivity contribution is -0.182. The van der Waals surface area contributed by atoms with Crippen LogP contribution >= 0.6 is 22.6 Å². The Bertz CT molecular complexity index is 906. The summed E-state index contributed by atoms with van der Waals surface area (Å²) in [6.07, 6.45) is -1.28. The van der Waals surface area contributed by atoms with Crippen molar-refractivity contribution in [3.63, 3.8) is 0 Å². The van der Waals surface area contributed by atoms with Gasteiger partial charge in [0.1, 0.15) is 6.10 Å². The van der Waals surface area contributed by atoms with Crippen LogP contribution in [0.1, 0.15) is 11.1 Å². The van der Waals surface area contributed by atoms with Gasteiger partial charge >= 0.3 is 0 Å². The highest BCUT2D eigenvalue weighted by atomic mass is 127. The van der Waals surface area contributed by atoms with Crippen LogP contribution in [0.3, 0.4) is 0 Å². The number of nitrogens with one attached hydrogen (secondary N) is 1. The van der Waals surface area contributed by atoms with Crippen molar-refractivity contribution in [3.05, 3.63) is 65.7 Å². The topological polar surface area (TPSA) is 73.9 Å². The smallest absolute Gasteiger partial charge is 0.240 e. The summed E-state index contributed by atoms with van der Waals surface area (Å²) >= 11 is 2.23. The van der Waals surface area contributed by atoms with Gasteiger partial charge in [0.2, 0.25) is 10.0 Å². The van der Waals surface area contributed by atoms with Crippen LogP contribution in [-0.4, -0.2) is 43.5 Å². The highest BCUT2D eigenvalue weighted by molar-refractivity contribution is 14.1. The molecule has 2 aromatic carbocycles. The zero-order valence-electron chi connectivity index (χ0n) is 15.3. The minimum Gasteiger partial charge on any atom is -0.367 e. The Morgan fingerprint density at radius 1 is 1.14 bits per heavy atom. The van der Waals surface area contributed by atoms with E-state index in [0.29, 0.717) is 13.2 Å². The molecule has 2 fully saturated rings. The first-order valence-corrected chi connectivity index (χ1v) is 11.8. The molecule has 150 valence electrons. The number of benzene rings is 2. The largest absolute Gasteiger partial charge is 0.367 e. The van der Waals surface area contributed by atoms with Crippen molar-refractivity contribution in [2.75, 3.05) is 6.61 Å². The van der Waals surface area contributed by atoms with Crippen LogP contribution in [0.5, 0.6) is 0 Å². The second-order valence-corrected chi connectivity index (χ2v) is 10.2. The first kappa shape index (κ1) is 20.2. The van der Waals surface area contributed by atoms with E-state index in [1.54, 1.807) is 24.3 Å². The van der Waals surface area contributed by atoms with Crippen molar-refractivity contribution in [1.82, 2.24) is 4.72 Å². The Morgan fingerprint density at radius 3 is 2.57 bits per heavy atom. The summed E-state index contributed by atoms with van der Waals surface area (Å²) in [6.45, 7) is 2.71. The van der Waals surface area contributed by atoms with E-state index < -0.39 is 28.5 Å². The number of hydrogen-bond acceptors (Lipinski definition) is 5. The maximum atomic E-state index is 13.0. The van der Waals surface area contributed by atoms with Crippen LogP contribution < -0.4 is 4.72 Å². The van der Waals surface area contributed by atoms with Crippen molar-refractivity contribution in [3.8, 4) is 0 Å². The van der Waals surface area contributed by atoms with E-state index >= 15 is 0 Å². The molecule has 8 heteroatoms. The van der Waals surface area contributed by atoms with Gasteiger partial charge in [-0.05, 0) is 24.6 Å². The highest BCUT2D eigenvalue weighted by Gasteiger charge is 2.51. The van der Waals surface area contributed by atoms with Crippen molar-refractivity contribution in [2.24, 2.45) is 0 Å². The third-order valence-electron chi connectivity index (χ3n) is 4.96. The fraction of sp³-hybridized carbons (Fsp3) is 0.400. The summed E-state index contributed by atoms with van der Waals surface area (Å²) in [7, 11) is -3.69. The lowest BCUT2D eigenvalue weighted by Crippen LogP contribution is -2.59. The van der Waals surface area contributed by atoms with Crippen molar-refractivity contribution >= 4 is 32.6 Å². The van der Waals surface area contributed by atoms with Gasteiger partial charge in [0, 0.05) is 0 Å². The quantitative estimate of drug-likeness (QED) is 0.474. The molecule has 2 saturated heterocycles. The average Bonchev–Trinajstić information content (AvgIpc) is 3.13. The Hall–Kier alpha value is -1.04. The molecular weight excluding hydrogens is 493 g/mol. The average molecular weight is 515 g/mol. The molecule has 0 aromatic heterocycles. The van der Waals surface area contributed by atoms with Gasteiger partial charge in [-0.1, -0.05) is 70.6 Å². The molecular formula is C20H22INO5S. The van der Waals surface area contributed by atoms with E-state index in [4.69, 9.17) is 14.2 Å². The van der Waals surface area contributed by atoms with Crippen LogP contribution in [0.15, 0.2) is 59.5 Å². The SMILES string of the molecule is Cc1ccc(S(=O)(=O)N[C@H]2[C@H](I)[C@H]3CO[C@H](O3)[C@@H]2OCc2ccccc2)cc1. The molecule has 6 nitrogen and oxygen atoms in total. The number of rotatable bonds is 6. The summed E-state index contributed by atoms with van der Waals surface area (Å²) < 4.78 is 46.4. The van der Waals surface area contributed by atoms with E-state index in [2.05, 4.69) is 27.3 Å². The minimum absolute atomic E-state index is 0.114. The highest BCUT2D eigenvalue weighted by Crippen LogP contribution is 2.35. The number of ether oxygens (including phenoxy) is 3. The third-order valence-corrected chi connectivity index (χ3v) is 8.01. The van der Waals surface area contributed by atoms with Gasteiger partial charge in [-0.3, -0.25) is 0 Å². The summed E-state index contributed by atoms with van der Waals surface area (Å²) in [6, 6.07) is 16.1. The van der Waals surface area contributed by atoms with Gasteiger partial charge in [0.25, 0.3) is 0 Å². The molecule has 0 spiro atoms. The van der Waals surface area contributed by atoms with E-state index in [1.165, 1.54) is 0 Å². The van der Waals surface area contributed by atoms with Crippen molar-refractivity contribution < 1.29 is 22.6 Å². The predicted molar refractivity (Wildman–Crippen MR) is 113 cm³/mol. The molecule has 2 aromatic rings. The fourth-order valence-corrected chi connectivity index (χ4v) is 5.89. The van der Waals surface area contributed by atoms with Crippen LogP contribution in [0, 0.1) is 6.92 Å². The lowest BCUT2D eigenvalue weighted by Gasteiger charge is -2.38. The predicted octanol–water partition coefficient (Wildman–Crippen LogP) is 2.79. The first-order valence-electron chi connectivity index (χ1n) is 9.10. The molecule has 0 radical (unpaired) electrons. The van der Waals surface area contributed by atoms with Gasteiger partial charge in [-0.2, -0.15) is 0 Å². The first-order chi connectivity index (χ1) is 13.4. The molecule has 2 aliphatic heterocycles. The molecule has 2 aliphatic rings. The minimum atomic E-state index is -3.69. The summed E-state index contributed by atoms with van der Waals surface area (Å²) in [4.78, 5) is 0.239. The molecule has 28 heavy (non-hydrogen) atoms. The van der Waals surface area contributed by atoms with Gasteiger partial charge in [-0.15, -0.1) is 0 Å². The standard InChI is InChI=1S/C20H22INO5S/c1-13-7-9-15(10-8-13)28(23,24)22-18-17(21)16-12-26-20(27-16)19(18)25-11-14-5-3-2-4-6-14/h2-10,16-20,22H,11-12H2,1H3/t16-,17-,18+,19-,20-/m1/s1. The number of sulfonamides is 1. The van der Waals surface area contributed by atoms with Crippen LogP contribution in [-0.2, 0) is 30.8 Å². The van der Waals surface area contributed by atoms with Crippen molar-refractivity contribution in [2.45, 2.75) is 46.9 Å². The number of fused-ring (bicyclic) bond motifs is 2. The Morgan fingerprint density at radius 2 is 1.86 bits per heavy atom. The van der Waals surface area contributed by atoms with Crippen LogP contribution in [0.4, 0.5) is 0 Å². The maximum absolute atomic E-state index is 13.0. The summed E-state index contributed by atoms with van der Waals surface area (Å²) in [5.74, 6) is 0. The Kier molecular flexibility index (Phi) is 6.05. The molecule has 0 saturated carbocycles. The zero-order chi connectivity index (χ0) is 19.7. The number of halogens is 1. The van der Waals surface area contributed by atoms with Crippen molar-refractivity contribution in [1.29, 1.82) is 0 Å².